The van der Waals surface area contributed by atoms with E-state index >= 15 is 0 Å². The van der Waals surface area contributed by atoms with Crippen molar-refractivity contribution in [3.63, 3.8) is 0 Å². The monoisotopic (exact) mass is 220 g/mol. The highest BCUT2D eigenvalue weighted by Crippen LogP contribution is 2.25. The normalized spacial score (nSPS) is 11.9. The van der Waals surface area contributed by atoms with E-state index in [4.69, 9.17) is 5.11 Å². The van der Waals surface area contributed by atoms with Crippen LogP contribution in [-0.2, 0) is 5.41 Å². The molecule has 84 valence electrons. The van der Waals surface area contributed by atoms with Crippen LogP contribution in [0, 0.1) is 0 Å². The standard InChI is InChI=1S/C10H12N4O2/c1-10(2,3)6-4-7(9(15)16)13-14-5-11-12-8(6)14/h4-5H,1-3H3,(H,15,16). The van der Waals surface area contributed by atoms with Crippen molar-refractivity contribution in [1.82, 2.24) is 19.8 Å². The number of carboxylic acids is 1. The Balaban J connectivity index is 2.79. The van der Waals surface area contributed by atoms with Crippen LogP contribution in [0.4, 0.5) is 0 Å². The minimum atomic E-state index is -1.05. The van der Waals surface area contributed by atoms with Crippen molar-refractivity contribution < 1.29 is 9.90 Å². The van der Waals surface area contributed by atoms with Gasteiger partial charge in [0.2, 0.25) is 0 Å². The van der Waals surface area contributed by atoms with Crippen molar-refractivity contribution in [2.45, 2.75) is 26.2 Å². The molecule has 0 aliphatic rings. The first-order chi connectivity index (χ1) is 7.39. The predicted octanol–water partition coefficient (Wildman–Crippen LogP) is 1.12. The second-order valence-corrected chi connectivity index (χ2v) is 4.60. The summed E-state index contributed by atoms with van der Waals surface area (Å²) in [6.07, 6.45) is 1.40. The van der Waals surface area contributed by atoms with Gasteiger partial charge in [-0.15, -0.1) is 10.2 Å². The van der Waals surface area contributed by atoms with Gasteiger partial charge in [-0.25, -0.2) is 4.79 Å². The zero-order valence-electron chi connectivity index (χ0n) is 9.30. The van der Waals surface area contributed by atoms with E-state index in [1.54, 1.807) is 6.07 Å². The van der Waals surface area contributed by atoms with Gasteiger partial charge in [-0.3, -0.25) is 0 Å². The Kier molecular flexibility index (Phi) is 2.15. The van der Waals surface area contributed by atoms with Crippen molar-refractivity contribution in [3.05, 3.63) is 23.7 Å². The zero-order chi connectivity index (χ0) is 11.9. The van der Waals surface area contributed by atoms with Crippen LogP contribution in [0.25, 0.3) is 5.65 Å². The summed E-state index contributed by atoms with van der Waals surface area (Å²) in [5, 5.41) is 20.5. The number of hydrogen-bond acceptors (Lipinski definition) is 4. The molecule has 0 amide bonds. The summed E-state index contributed by atoms with van der Waals surface area (Å²) in [4.78, 5) is 10.9. The first-order valence-corrected chi connectivity index (χ1v) is 4.84. The van der Waals surface area contributed by atoms with E-state index in [2.05, 4.69) is 15.3 Å². The molecule has 2 aromatic rings. The molecule has 0 bridgehead atoms. The van der Waals surface area contributed by atoms with E-state index < -0.39 is 5.97 Å². The first-order valence-electron chi connectivity index (χ1n) is 4.84. The number of carboxylic acid groups (broad SMARTS) is 1. The number of nitrogens with zero attached hydrogens (tertiary/aromatic N) is 4. The summed E-state index contributed by atoms with van der Waals surface area (Å²) in [5.41, 5.74) is 1.20. The van der Waals surface area contributed by atoms with E-state index in [1.165, 1.54) is 10.8 Å². The average Bonchev–Trinajstić information content (AvgIpc) is 2.61. The molecular weight excluding hydrogens is 208 g/mol. The first kappa shape index (κ1) is 10.5. The third kappa shape index (κ3) is 1.62. The second kappa shape index (κ2) is 3.26. The van der Waals surface area contributed by atoms with Crippen molar-refractivity contribution in [2.24, 2.45) is 0 Å². The van der Waals surface area contributed by atoms with Crippen LogP contribution in [0.1, 0.15) is 36.8 Å². The fraction of sp³-hybridized carbons (Fsp3) is 0.400. The summed E-state index contributed by atoms with van der Waals surface area (Å²) < 4.78 is 1.39. The summed E-state index contributed by atoms with van der Waals surface area (Å²) in [6.45, 7) is 5.97. The Morgan fingerprint density at radius 1 is 1.44 bits per heavy atom. The molecule has 16 heavy (non-hydrogen) atoms. The van der Waals surface area contributed by atoms with Gasteiger partial charge in [0.05, 0.1) is 0 Å². The van der Waals surface area contributed by atoms with Gasteiger partial charge in [-0.1, -0.05) is 20.8 Å². The number of aromatic nitrogens is 4. The van der Waals surface area contributed by atoms with Gasteiger partial charge in [-0.05, 0) is 11.5 Å². The van der Waals surface area contributed by atoms with Crippen LogP contribution >= 0.6 is 0 Å². The molecule has 1 N–H and O–H groups in total. The fourth-order valence-corrected chi connectivity index (χ4v) is 1.48. The number of aromatic carboxylic acids is 1. The Morgan fingerprint density at radius 3 is 2.69 bits per heavy atom. The minimum Gasteiger partial charge on any atom is -0.476 e. The van der Waals surface area contributed by atoms with Gasteiger partial charge in [0, 0.05) is 5.56 Å². The SMILES string of the molecule is CC(C)(C)c1cc(C(=O)O)nn2cnnc12. The lowest BCUT2D eigenvalue weighted by Gasteiger charge is -2.19. The number of rotatable bonds is 1. The van der Waals surface area contributed by atoms with Crippen LogP contribution in [0.3, 0.4) is 0 Å². The summed E-state index contributed by atoms with van der Waals surface area (Å²) in [7, 11) is 0. The molecule has 0 atom stereocenters. The molecule has 0 aromatic carbocycles. The van der Waals surface area contributed by atoms with Crippen LogP contribution in [-0.4, -0.2) is 30.9 Å². The van der Waals surface area contributed by atoms with E-state index in [0.717, 1.165) is 5.56 Å². The lowest BCUT2D eigenvalue weighted by molar-refractivity contribution is 0.0688. The van der Waals surface area contributed by atoms with Gasteiger partial charge in [0.25, 0.3) is 0 Å². The average molecular weight is 220 g/mol. The maximum atomic E-state index is 10.9. The molecule has 0 aliphatic carbocycles. The van der Waals surface area contributed by atoms with E-state index in [0.29, 0.717) is 5.65 Å². The molecule has 2 heterocycles. The zero-order valence-corrected chi connectivity index (χ0v) is 9.30. The molecule has 0 saturated heterocycles. The topological polar surface area (TPSA) is 80.4 Å². The molecule has 0 fully saturated rings. The summed E-state index contributed by atoms with van der Waals surface area (Å²) in [6, 6.07) is 1.55. The highest BCUT2D eigenvalue weighted by Gasteiger charge is 2.22. The highest BCUT2D eigenvalue weighted by molar-refractivity contribution is 5.85. The largest absolute Gasteiger partial charge is 0.476 e. The van der Waals surface area contributed by atoms with Gasteiger partial charge < -0.3 is 5.11 Å². The molecule has 2 rings (SSSR count). The maximum Gasteiger partial charge on any atom is 0.356 e. The molecule has 0 unspecified atom stereocenters. The molecule has 6 nitrogen and oxygen atoms in total. The number of fused-ring (bicyclic) bond motifs is 1. The van der Waals surface area contributed by atoms with E-state index in [-0.39, 0.29) is 11.1 Å². The van der Waals surface area contributed by atoms with Crippen molar-refractivity contribution >= 4 is 11.6 Å². The Labute approximate surface area is 91.9 Å². The quantitative estimate of drug-likeness (QED) is 0.778. The smallest absolute Gasteiger partial charge is 0.356 e. The van der Waals surface area contributed by atoms with Crippen LogP contribution in [0.2, 0.25) is 0 Å². The molecule has 0 spiro atoms. The Morgan fingerprint density at radius 2 is 2.12 bits per heavy atom. The highest BCUT2D eigenvalue weighted by atomic mass is 16.4. The van der Waals surface area contributed by atoms with Crippen LogP contribution in [0.15, 0.2) is 12.4 Å². The van der Waals surface area contributed by atoms with E-state index in [9.17, 15) is 4.79 Å². The van der Waals surface area contributed by atoms with Crippen molar-refractivity contribution in [2.75, 3.05) is 0 Å². The number of carbonyl (C=O) groups is 1. The Bertz CT molecular complexity index is 553. The predicted molar refractivity (Wildman–Crippen MR) is 56.4 cm³/mol. The molecule has 6 heteroatoms. The maximum absolute atomic E-state index is 10.9. The van der Waals surface area contributed by atoms with E-state index in [1.807, 2.05) is 20.8 Å². The van der Waals surface area contributed by atoms with Crippen LogP contribution in [0.5, 0.6) is 0 Å². The minimum absolute atomic E-state index is 0.00257. The summed E-state index contributed by atoms with van der Waals surface area (Å²) in [5.74, 6) is -1.05. The molecule has 2 aromatic heterocycles. The lowest BCUT2D eigenvalue weighted by Crippen LogP contribution is -2.16. The Hall–Kier alpha value is -1.98. The second-order valence-electron chi connectivity index (χ2n) is 4.60. The molecule has 0 saturated carbocycles. The third-order valence-corrected chi connectivity index (χ3v) is 2.30. The molecule has 0 radical (unpaired) electrons. The van der Waals surface area contributed by atoms with Crippen LogP contribution < -0.4 is 0 Å². The number of hydrogen-bond donors (Lipinski definition) is 1. The third-order valence-electron chi connectivity index (χ3n) is 2.30. The molecule has 0 aliphatic heterocycles. The summed E-state index contributed by atoms with van der Waals surface area (Å²) >= 11 is 0. The molecular formula is C10H12N4O2. The van der Waals surface area contributed by atoms with Gasteiger partial charge in [0.15, 0.2) is 11.3 Å². The van der Waals surface area contributed by atoms with Gasteiger partial charge in [0.1, 0.15) is 6.33 Å². The lowest BCUT2D eigenvalue weighted by atomic mass is 9.87. The fourth-order valence-electron chi connectivity index (χ4n) is 1.48. The van der Waals surface area contributed by atoms with Crippen molar-refractivity contribution in [3.8, 4) is 0 Å². The van der Waals surface area contributed by atoms with Crippen molar-refractivity contribution in [1.29, 1.82) is 0 Å². The van der Waals surface area contributed by atoms with Gasteiger partial charge in [-0.2, -0.15) is 9.61 Å². The van der Waals surface area contributed by atoms with Gasteiger partial charge >= 0.3 is 5.97 Å².